The molecule has 0 N–H and O–H groups in total. The van der Waals surface area contributed by atoms with Crippen molar-refractivity contribution in [1.82, 2.24) is 0 Å². The van der Waals surface area contributed by atoms with Gasteiger partial charge in [-0.3, -0.25) is 0 Å². The number of carbonyl (C=O) groups excluding carboxylic acids is 1. The minimum atomic E-state index is -8.67. The Labute approximate surface area is 190 Å². The lowest BCUT2D eigenvalue weighted by atomic mass is 9.83. The van der Waals surface area contributed by atoms with Gasteiger partial charge in [0, 0.05) is 11.5 Å². The van der Waals surface area contributed by atoms with Crippen LogP contribution < -0.4 is 0 Å². The normalized spacial score (nSPS) is 16.1. The minimum Gasteiger partial charge on any atom is -0.462 e. The molecule has 0 amide bonds. The SMILES string of the molecule is C=C(C)C(=O)OCCC(CC)C(F)(F)C(F)(F)C(F)(F)C(F)(F)C(F)(F)C(F)(F)C(F)(F)C(F)(F)F. The number of halogens is 17. The summed E-state index contributed by atoms with van der Waals surface area (Å²) in [7, 11) is 0. The van der Waals surface area contributed by atoms with Crippen LogP contribution in [0.1, 0.15) is 26.7 Å². The Morgan fingerprint density at radius 2 is 1.00 bits per heavy atom. The number of esters is 1. The molecule has 0 saturated carbocycles. The third-order valence-corrected chi connectivity index (χ3v) is 4.80. The van der Waals surface area contributed by atoms with Crippen LogP contribution in [0.15, 0.2) is 12.2 Å². The molecule has 0 aliphatic rings. The van der Waals surface area contributed by atoms with Gasteiger partial charge in [-0.05, 0) is 19.8 Å². The van der Waals surface area contributed by atoms with Gasteiger partial charge in [-0.2, -0.15) is 74.6 Å². The van der Waals surface area contributed by atoms with Crippen molar-refractivity contribution in [1.29, 1.82) is 0 Å². The van der Waals surface area contributed by atoms with E-state index >= 15 is 0 Å². The highest BCUT2D eigenvalue weighted by atomic mass is 19.4. The zero-order valence-corrected chi connectivity index (χ0v) is 17.6. The Bertz CT molecular complexity index is 812. The lowest BCUT2D eigenvalue weighted by Gasteiger charge is -2.44. The molecule has 1 atom stereocenters. The average Bonchev–Trinajstić information content (AvgIpc) is 2.68. The average molecular weight is 574 g/mol. The highest BCUT2D eigenvalue weighted by Gasteiger charge is 2.95. The van der Waals surface area contributed by atoms with E-state index in [0.29, 0.717) is 6.92 Å². The monoisotopic (exact) mass is 574 g/mol. The van der Waals surface area contributed by atoms with E-state index in [2.05, 4.69) is 11.3 Å². The molecule has 2 nitrogen and oxygen atoms in total. The highest BCUT2D eigenvalue weighted by Crippen LogP contribution is 2.64. The molecule has 36 heavy (non-hydrogen) atoms. The van der Waals surface area contributed by atoms with E-state index < -0.39 is 79.0 Å². The quantitative estimate of drug-likeness (QED) is 0.137. The van der Waals surface area contributed by atoms with E-state index in [1.807, 2.05) is 0 Å². The van der Waals surface area contributed by atoms with Crippen LogP contribution in [0.4, 0.5) is 74.6 Å². The van der Waals surface area contributed by atoms with Gasteiger partial charge in [-0.1, -0.05) is 13.5 Å². The molecule has 0 aromatic carbocycles. The number of rotatable bonds is 12. The summed E-state index contributed by atoms with van der Waals surface area (Å²) in [5, 5.41) is 0. The van der Waals surface area contributed by atoms with Crippen molar-refractivity contribution in [2.75, 3.05) is 6.61 Å². The van der Waals surface area contributed by atoms with Crippen molar-refractivity contribution in [3.8, 4) is 0 Å². The van der Waals surface area contributed by atoms with Crippen LogP contribution >= 0.6 is 0 Å². The molecule has 0 aliphatic heterocycles. The highest BCUT2D eigenvalue weighted by molar-refractivity contribution is 5.86. The van der Waals surface area contributed by atoms with Gasteiger partial charge >= 0.3 is 53.6 Å². The molecule has 0 heterocycles. The summed E-state index contributed by atoms with van der Waals surface area (Å²) in [6.45, 7) is 3.27. The molecule has 0 aliphatic carbocycles. The fourth-order valence-corrected chi connectivity index (χ4v) is 2.49. The summed E-state index contributed by atoms with van der Waals surface area (Å²) in [6, 6.07) is 0. The summed E-state index contributed by atoms with van der Waals surface area (Å²) in [5.74, 6) is -61.2. The van der Waals surface area contributed by atoms with Gasteiger partial charge in [0.25, 0.3) is 0 Å². The van der Waals surface area contributed by atoms with Gasteiger partial charge in [0.1, 0.15) is 0 Å². The summed E-state index contributed by atoms with van der Waals surface area (Å²) >= 11 is 0. The smallest absolute Gasteiger partial charge is 0.460 e. The van der Waals surface area contributed by atoms with Gasteiger partial charge in [-0.15, -0.1) is 0 Å². The first-order chi connectivity index (χ1) is 15.5. The van der Waals surface area contributed by atoms with Crippen molar-refractivity contribution < 1.29 is 84.2 Å². The Balaban J connectivity index is 6.52. The zero-order chi connectivity index (χ0) is 29.6. The maximum Gasteiger partial charge on any atom is 0.460 e. The third-order valence-electron chi connectivity index (χ3n) is 4.80. The van der Waals surface area contributed by atoms with E-state index in [1.165, 1.54) is 0 Å². The van der Waals surface area contributed by atoms with Crippen LogP contribution in [-0.4, -0.2) is 60.2 Å². The molecule has 1 unspecified atom stereocenters. The first kappa shape index (κ1) is 34.0. The second-order valence-electron chi connectivity index (χ2n) is 7.38. The van der Waals surface area contributed by atoms with Gasteiger partial charge < -0.3 is 4.74 Å². The van der Waals surface area contributed by atoms with E-state index in [0.717, 1.165) is 6.92 Å². The van der Waals surface area contributed by atoms with Crippen LogP contribution in [0.5, 0.6) is 0 Å². The van der Waals surface area contributed by atoms with E-state index in [9.17, 15) is 79.4 Å². The van der Waals surface area contributed by atoms with Crippen molar-refractivity contribution >= 4 is 5.97 Å². The summed E-state index contributed by atoms with van der Waals surface area (Å²) in [4.78, 5) is 11.1. The molecular formula is C17H15F17O2. The zero-order valence-electron chi connectivity index (χ0n) is 17.6. The number of hydrogen-bond acceptors (Lipinski definition) is 2. The van der Waals surface area contributed by atoms with Crippen molar-refractivity contribution in [3.05, 3.63) is 12.2 Å². The van der Waals surface area contributed by atoms with Crippen LogP contribution in [0.25, 0.3) is 0 Å². The number of hydrogen-bond donors (Lipinski definition) is 0. The lowest BCUT2D eigenvalue weighted by Crippen LogP contribution is -2.74. The topological polar surface area (TPSA) is 26.3 Å². The Kier molecular flexibility index (Phi) is 9.18. The van der Waals surface area contributed by atoms with Crippen LogP contribution in [0.3, 0.4) is 0 Å². The van der Waals surface area contributed by atoms with Gasteiger partial charge in [0.2, 0.25) is 0 Å². The van der Waals surface area contributed by atoms with Gasteiger partial charge in [0.15, 0.2) is 0 Å². The van der Waals surface area contributed by atoms with Crippen molar-refractivity contribution in [2.45, 2.75) is 74.3 Å². The number of alkyl halides is 17. The van der Waals surface area contributed by atoms with Gasteiger partial charge in [-0.25, -0.2) is 4.79 Å². The fourth-order valence-electron chi connectivity index (χ4n) is 2.49. The van der Waals surface area contributed by atoms with E-state index in [-0.39, 0.29) is 5.57 Å². The summed E-state index contributed by atoms with van der Waals surface area (Å²) in [6.07, 6.45) is -10.7. The molecule has 0 saturated heterocycles. The molecule has 0 rings (SSSR count). The Morgan fingerprint density at radius 1 is 0.667 bits per heavy atom. The third kappa shape index (κ3) is 4.93. The Hall–Kier alpha value is -1.98. The molecule has 0 aromatic rings. The second kappa shape index (κ2) is 9.72. The van der Waals surface area contributed by atoms with Crippen molar-refractivity contribution in [2.24, 2.45) is 5.92 Å². The van der Waals surface area contributed by atoms with Crippen LogP contribution in [0, 0.1) is 5.92 Å². The van der Waals surface area contributed by atoms with Crippen molar-refractivity contribution in [3.63, 3.8) is 0 Å². The predicted octanol–water partition coefficient (Wildman–Crippen LogP) is 7.53. The lowest BCUT2D eigenvalue weighted by molar-refractivity contribution is -0.463. The minimum absolute atomic E-state index is 0.384. The van der Waals surface area contributed by atoms with Crippen LogP contribution in [-0.2, 0) is 9.53 Å². The largest absolute Gasteiger partial charge is 0.462 e. The second-order valence-corrected chi connectivity index (χ2v) is 7.38. The molecule has 0 spiro atoms. The molecule has 0 radical (unpaired) electrons. The molecule has 19 heteroatoms. The molecule has 0 fully saturated rings. The first-order valence-corrected chi connectivity index (χ1v) is 9.08. The summed E-state index contributed by atoms with van der Waals surface area (Å²) < 4.78 is 231. The maximum absolute atomic E-state index is 14.2. The molecular weight excluding hydrogens is 559 g/mol. The van der Waals surface area contributed by atoms with E-state index in [1.54, 1.807) is 0 Å². The maximum atomic E-state index is 14.2. The fraction of sp³-hybridized carbons (Fsp3) is 0.824. The first-order valence-electron chi connectivity index (χ1n) is 9.08. The van der Waals surface area contributed by atoms with Crippen LogP contribution in [0.2, 0.25) is 0 Å². The number of ether oxygens (including phenoxy) is 1. The molecule has 0 aromatic heterocycles. The standard InChI is InChI=1S/C17H15F17O2/c1-4-8(5-6-36-9(35)7(2)3)10(18,19)11(20,21)12(22,23)13(24,25)14(26,27)15(28,29)16(30,31)17(32,33)34/h8H,2,4-6H2,1,3H3. The molecule has 0 bridgehead atoms. The predicted molar refractivity (Wildman–Crippen MR) is 84.9 cm³/mol. The molecule has 214 valence electrons. The van der Waals surface area contributed by atoms with E-state index in [4.69, 9.17) is 0 Å². The van der Waals surface area contributed by atoms with Gasteiger partial charge in [0.05, 0.1) is 6.61 Å². The summed E-state index contributed by atoms with van der Waals surface area (Å²) in [5.41, 5.74) is -0.384. The Morgan fingerprint density at radius 3 is 1.31 bits per heavy atom. The number of carbonyl (C=O) groups is 1.